The third-order valence-electron chi connectivity index (χ3n) is 3.56. The molecule has 0 atom stereocenters. The highest BCUT2D eigenvalue weighted by Gasteiger charge is 2.04. The fraction of sp³-hybridized carbons (Fsp3) is 0.300. The van der Waals surface area contributed by atoms with Gasteiger partial charge in [0.05, 0.1) is 12.7 Å². The Hall–Kier alpha value is -2.86. The first kappa shape index (κ1) is 19.5. The molecule has 0 aliphatic carbocycles. The molecule has 0 fully saturated rings. The van der Waals surface area contributed by atoms with Crippen LogP contribution in [0, 0.1) is 0 Å². The SMILES string of the molecule is CC(C)OCCOC(=O)Nc1ccc(Cc2ccc(NC=O)cc2)cc1. The van der Waals surface area contributed by atoms with Crippen LogP contribution in [-0.4, -0.2) is 31.8 Å². The summed E-state index contributed by atoms with van der Waals surface area (Å²) in [7, 11) is 0. The summed E-state index contributed by atoms with van der Waals surface area (Å²) in [6, 6.07) is 15.2. The Morgan fingerprint density at radius 1 is 0.962 bits per heavy atom. The van der Waals surface area contributed by atoms with Crippen molar-refractivity contribution < 1.29 is 19.1 Å². The van der Waals surface area contributed by atoms with Crippen molar-refractivity contribution in [3.8, 4) is 0 Å². The molecule has 2 N–H and O–H groups in total. The van der Waals surface area contributed by atoms with Crippen LogP contribution in [0.4, 0.5) is 16.2 Å². The molecule has 0 bridgehead atoms. The van der Waals surface area contributed by atoms with E-state index in [4.69, 9.17) is 9.47 Å². The standard InChI is InChI=1S/C20H24N2O4/c1-15(2)25-11-12-26-20(24)22-19-9-5-17(6-10-19)13-16-3-7-18(8-4-16)21-14-23/h3-10,14-15H,11-13H2,1-2H3,(H,21,23)(H,22,24). The Bertz CT molecular complexity index is 697. The lowest BCUT2D eigenvalue weighted by Gasteiger charge is -2.10. The van der Waals surface area contributed by atoms with Crippen molar-refractivity contribution in [2.45, 2.75) is 26.4 Å². The van der Waals surface area contributed by atoms with E-state index in [0.29, 0.717) is 18.7 Å². The van der Waals surface area contributed by atoms with Crippen LogP contribution < -0.4 is 10.6 Å². The summed E-state index contributed by atoms with van der Waals surface area (Å²) in [6.45, 7) is 4.46. The highest BCUT2D eigenvalue weighted by atomic mass is 16.6. The van der Waals surface area contributed by atoms with Gasteiger partial charge in [-0.3, -0.25) is 10.1 Å². The van der Waals surface area contributed by atoms with E-state index in [1.165, 1.54) is 0 Å². The van der Waals surface area contributed by atoms with Crippen molar-refractivity contribution in [3.05, 3.63) is 59.7 Å². The van der Waals surface area contributed by atoms with Crippen LogP contribution >= 0.6 is 0 Å². The summed E-state index contributed by atoms with van der Waals surface area (Å²) in [5.74, 6) is 0. The van der Waals surface area contributed by atoms with Gasteiger partial charge in [-0.1, -0.05) is 24.3 Å². The van der Waals surface area contributed by atoms with Gasteiger partial charge in [0, 0.05) is 11.4 Å². The predicted molar refractivity (Wildman–Crippen MR) is 101 cm³/mol. The molecule has 0 saturated carbocycles. The molecule has 6 nitrogen and oxygen atoms in total. The lowest BCUT2D eigenvalue weighted by Crippen LogP contribution is -2.18. The molecular formula is C20H24N2O4. The molecule has 0 saturated heterocycles. The summed E-state index contributed by atoms with van der Waals surface area (Å²) in [5.41, 5.74) is 3.69. The molecule has 2 aromatic carbocycles. The molecule has 0 radical (unpaired) electrons. The quantitative estimate of drug-likeness (QED) is 0.529. The number of nitrogens with one attached hydrogen (secondary N) is 2. The Labute approximate surface area is 153 Å². The average molecular weight is 356 g/mol. The topological polar surface area (TPSA) is 76.7 Å². The van der Waals surface area contributed by atoms with Crippen LogP contribution in [-0.2, 0) is 20.7 Å². The Balaban J connectivity index is 1.80. The number of anilines is 2. The number of benzene rings is 2. The normalized spacial score (nSPS) is 10.4. The van der Waals surface area contributed by atoms with E-state index in [1.54, 1.807) is 0 Å². The minimum Gasteiger partial charge on any atom is -0.447 e. The predicted octanol–water partition coefficient (Wildman–Crippen LogP) is 3.82. The maximum Gasteiger partial charge on any atom is 0.411 e. The third-order valence-corrected chi connectivity index (χ3v) is 3.56. The zero-order valence-electron chi connectivity index (χ0n) is 15.0. The second-order valence-corrected chi connectivity index (χ2v) is 6.01. The summed E-state index contributed by atoms with van der Waals surface area (Å²) < 4.78 is 10.4. The first-order chi connectivity index (χ1) is 12.6. The highest BCUT2D eigenvalue weighted by molar-refractivity contribution is 5.84. The van der Waals surface area contributed by atoms with Gasteiger partial charge in [-0.2, -0.15) is 0 Å². The van der Waals surface area contributed by atoms with Gasteiger partial charge >= 0.3 is 6.09 Å². The van der Waals surface area contributed by atoms with E-state index in [2.05, 4.69) is 10.6 Å². The maximum absolute atomic E-state index is 11.7. The van der Waals surface area contributed by atoms with Crippen LogP contribution in [0.15, 0.2) is 48.5 Å². The van der Waals surface area contributed by atoms with Crippen LogP contribution in [0.1, 0.15) is 25.0 Å². The third kappa shape index (κ3) is 6.94. The van der Waals surface area contributed by atoms with Crippen LogP contribution in [0.5, 0.6) is 0 Å². The van der Waals surface area contributed by atoms with Gasteiger partial charge in [0.25, 0.3) is 0 Å². The molecule has 2 aromatic rings. The lowest BCUT2D eigenvalue weighted by molar-refractivity contribution is -0.105. The monoisotopic (exact) mass is 356 g/mol. The van der Waals surface area contributed by atoms with Gasteiger partial charge in [-0.25, -0.2) is 4.79 Å². The number of carbonyl (C=O) groups excluding carboxylic acids is 2. The van der Waals surface area contributed by atoms with E-state index in [9.17, 15) is 9.59 Å². The van der Waals surface area contributed by atoms with E-state index < -0.39 is 6.09 Å². The van der Waals surface area contributed by atoms with Crippen molar-refractivity contribution in [2.24, 2.45) is 0 Å². The van der Waals surface area contributed by atoms with Gasteiger partial charge in [0.1, 0.15) is 6.61 Å². The lowest BCUT2D eigenvalue weighted by atomic mass is 10.0. The minimum atomic E-state index is -0.497. The van der Waals surface area contributed by atoms with Crippen molar-refractivity contribution >= 4 is 23.9 Å². The van der Waals surface area contributed by atoms with Crippen LogP contribution in [0.2, 0.25) is 0 Å². The number of amides is 2. The molecule has 0 aromatic heterocycles. The molecule has 2 rings (SSSR count). The van der Waals surface area contributed by atoms with Gasteiger partial charge in [0.15, 0.2) is 0 Å². The van der Waals surface area contributed by atoms with Crippen molar-refractivity contribution in [3.63, 3.8) is 0 Å². The van der Waals surface area contributed by atoms with E-state index in [-0.39, 0.29) is 12.7 Å². The van der Waals surface area contributed by atoms with E-state index >= 15 is 0 Å². The molecule has 0 heterocycles. The molecular weight excluding hydrogens is 332 g/mol. The Morgan fingerprint density at radius 2 is 1.54 bits per heavy atom. The fourth-order valence-electron chi connectivity index (χ4n) is 2.30. The van der Waals surface area contributed by atoms with E-state index in [1.807, 2.05) is 62.4 Å². The summed E-state index contributed by atoms with van der Waals surface area (Å²) >= 11 is 0. The number of carbonyl (C=O) groups is 2. The highest BCUT2D eigenvalue weighted by Crippen LogP contribution is 2.16. The number of hydrogen-bond donors (Lipinski definition) is 2. The minimum absolute atomic E-state index is 0.117. The summed E-state index contributed by atoms with van der Waals surface area (Å²) in [4.78, 5) is 22.1. The van der Waals surface area contributed by atoms with E-state index in [0.717, 1.165) is 23.2 Å². The van der Waals surface area contributed by atoms with Gasteiger partial charge in [0.2, 0.25) is 6.41 Å². The van der Waals surface area contributed by atoms with Gasteiger partial charge in [-0.05, 0) is 55.7 Å². The number of hydrogen-bond acceptors (Lipinski definition) is 4. The summed E-state index contributed by atoms with van der Waals surface area (Å²) in [6.07, 6.45) is 1.04. The zero-order valence-corrected chi connectivity index (χ0v) is 15.0. The van der Waals surface area contributed by atoms with Crippen LogP contribution in [0.3, 0.4) is 0 Å². The average Bonchev–Trinajstić information content (AvgIpc) is 2.62. The second kappa shape index (κ2) is 10.2. The molecule has 6 heteroatoms. The first-order valence-corrected chi connectivity index (χ1v) is 8.50. The van der Waals surface area contributed by atoms with Gasteiger partial charge < -0.3 is 14.8 Å². The molecule has 138 valence electrons. The molecule has 2 amide bonds. The smallest absolute Gasteiger partial charge is 0.411 e. The molecule has 0 aliphatic heterocycles. The maximum atomic E-state index is 11.7. The van der Waals surface area contributed by atoms with Gasteiger partial charge in [-0.15, -0.1) is 0 Å². The Kier molecular flexibility index (Phi) is 7.64. The summed E-state index contributed by atoms with van der Waals surface area (Å²) in [5, 5.41) is 5.29. The zero-order chi connectivity index (χ0) is 18.8. The largest absolute Gasteiger partial charge is 0.447 e. The van der Waals surface area contributed by atoms with Crippen molar-refractivity contribution in [2.75, 3.05) is 23.8 Å². The van der Waals surface area contributed by atoms with Crippen LogP contribution in [0.25, 0.3) is 0 Å². The van der Waals surface area contributed by atoms with Crippen molar-refractivity contribution in [1.82, 2.24) is 0 Å². The van der Waals surface area contributed by atoms with Crippen molar-refractivity contribution in [1.29, 1.82) is 0 Å². The number of ether oxygens (including phenoxy) is 2. The molecule has 26 heavy (non-hydrogen) atoms. The molecule has 0 unspecified atom stereocenters. The second-order valence-electron chi connectivity index (χ2n) is 6.01. The molecule has 0 spiro atoms. The number of rotatable bonds is 9. The molecule has 0 aliphatic rings. The fourth-order valence-corrected chi connectivity index (χ4v) is 2.30. The first-order valence-electron chi connectivity index (χ1n) is 8.50. The Morgan fingerprint density at radius 3 is 2.08 bits per heavy atom.